The minimum Gasteiger partial charge on any atom is -0.372 e. The molecule has 1 aromatic carbocycles. The van der Waals surface area contributed by atoms with E-state index in [2.05, 4.69) is 22.0 Å². The van der Waals surface area contributed by atoms with Crippen molar-refractivity contribution < 1.29 is 9.53 Å². The number of morpholine rings is 1. The van der Waals surface area contributed by atoms with Gasteiger partial charge in [-0.1, -0.05) is 30.3 Å². The molecule has 2 fully saturated rings. The molecule has 5 rings (SSSR count). The van der Waals surface area contributed by atoms with Gasteiger partial charge < -0.3 is 9.64 Å². The van der Waals surface area contributed by atoms with E-state index in [0.29, 0.717) is 19.6 Å². The molecule has 0 bridgehead atoms. The normalized spacial score (nSPS) is 28.6. The van der Waals surface area contributed by atoms with Crippen molar-refractivity contribution in [2.24, 2.45) is 0 Å². The first-order chi connectivity index (χ1) is 15.0. The SMILES string of the molecule is C[C@@H]1CN(C(=O)CN2CCCC3(CCc4cnc(-c5ccccc5)nc43)C2)C[C@H](C)O1. The van der Waals surface area contributed by atoms with Gasteiger partial charge in [-0.2, -0.15) is 0 Å². The number of fused-ring (bicyclic) bond motifs is 2. The van der Waals surface area contributed by atoms with Crippen LogP contribution in [0.15, 0.2) is 36.5 Å². The summed E-state index contributed by atoms with van der Waals surface area (Å²) >= 11 is 0. The van der Waals surface area contributed by atoms with Crippen molar-refractivity contribution >= 4 is 5.91 Å². The maximum absolute atomic E-state index is 13.0. The molecule has 1 unspecified atom stereocenters. The zero-order valence-electron chi connectivity index (χ0n) is 18.6. The molecule has 6 heteroatoms. The average Bonchev–Trinajstić information content (AvgIpc) is 3.11. The number of aryl methyl sites for hydroxylation is 1. The van der Waals surface area contributed by atoms with Crippen LogP contribution in [0.5, 0.6) is 0 Å². The van der Waals surface area contributed by atoms with Gasteiger partial charge in [0.15, 0.2) is 5.82 Å². The van der Waals surface area contributed by atoms with Crippen molar-refractivity contribution in [1.82, 2.24) is 19.8 Å². The topological polar surface area (TPSA) is 58.6 Å². The highest BCUT2D eigenvalue weighted by atomic mass is 16.5. The lowest BCUT2D eigenvalue weighted by Crippen LogP contribution is -2.53. The van der Waals surface area contributed by atoms with Crippen molar-refractivity contribution in [1.29, 1.82) is 0 Å². The van der Waals surface area contributed by atoms with Crippen LogP contribution in [0.3, 0.4) is 0 Å². The monoisotopic (exact) mass is 420 g/mol. The molecule has 0 saturated carbocycles. The van der Waals surface area contributed by atoms with Gasteiger partial charge in [0.1, 0.15) is 0 Å². The summed E-state index contributed by atoms with van der Waals surface area (Å²) in [6.07, 6.45) is 6.62. The molecular formula is C25H32N4O2. The Hall–Kier alpha value is -2.31. The van der Waals surface area contributed by atoms with Crippen molar-refractivity contribution in [2.75, 3.05) is 32.7 Å². The number of likely N-dealkylation sites (tertiary alicyclic amines) is 1. The van der Waals surface area contributed by atoms with Crippen LogP contribution in [0.1, 0.15) is 44.4 Å². The predicted molar refractivity (Wildman–Crippen MR) is 120 cm³/mol. The van der Waals surface area contributed by atoms with Crippen LogP contribution in [-0.4, -0.2) is 70.6 Å². The van der Waals surface area contributed by atoms with Crippen molar-refractivity contribution in [3.8, 4) is 11.4 Å². The number of aromatic nitrogens is 2. The Kier molecular flexibility index (Phi) is 5.52. The van der Waals surface area contributed by atoms with E-state index in [0.717, 1.165) is 50.2 Å². The van der Waals surface area contributed by atoms with E-state index in [1.54, 1.807) is 0 Å². The molecule has 31 heavy (non-hydrogen) atoms. The number of benzene rings is 1. The second kappa shape index (κ2) is 8.32. The molecule has 2 saturated heterocycles. The molecule has 164 valence electrons. The lowest BCUT2D eigenvalue weighted by molar-refractivity contribution is -0.144. The maximum Gasteiger partial charge on any atom is 0.236 e. The summed E-state index contributed by atoms with van der Waals surface area (Å²) in [5.74, 6) is 1.04. The van der Waals surface area contributed by atoms with Crippen LogP contribution < -0.4 is 0 Å². The number of hydrogen-bond acceptors (Lipinski definition) is 5. The number of hydrogen-bond donors (Lipinski definition) is 0. The predicted octanol–water partition coefficient (Wildman–Crippen LogP) is 3.06. The third-order valence-electron chi connectivity index (χ3n) is 7.06. The molecule has 1 aliphatic carbocycles. The highest BCUT2D eigenvalue weighted by molar-refractivity contribution is 5.78. The molecule has 0 N–H and O–H groups in total. The second-order valence-electron chi connectivity index (χ2n) is 9.58. The molecule has 6 nitrogen and oxygen atoms in total. The number of rotatable bonds is 3. The number of carbonyl (C=O) groups excluding carboxylic acids is 1. The summed E-state index contributed by atoms with van der Waals surface area (Å²) in [6.45, 7) is 7.86. The summed E-state index contributed by atoms with van der Waals surface area (Å²) in [5.41, 5.74) is 3.60. The lowest BCUT2D eigenvalue weighted by Gasteiger charge is -2.42. The maximum atomic E-state index is 13.0. The van der Waals surface area contributed by atoms with Gasteiger partial charge in [0.05, 0.1) is 24.4 Å². The molecule has 3 heterocycles. The average molecular weight is 421 g/mol. The molecule has 3 aliphatic rings. The van der Waals surface area contributed by atoms with E-state index in [1.165, 1.54) is 11.3 Å². The molecule has 0 radical (unpaired) electrons. The fourth-order valence-electron chi connectivity index (χ4n) is 5.70. The van der Waals surface area contributed by atoms with E-state index in [-0.39, 0.29) is 23.5 Å². The minimum absolute atomic E-state index is 0.0475. The number of piperidine rings is 1. The van der Waals surface area contributed by atoms with Gasteiger partial charge in [-0.25, -0.2) is 9.97 Å². The molecule has 1 spiro atoms. The Morgan fingerprint density at radius 3 is 2.71 bits per heavy atom. The third kappa shape index (κ3) is 4.11. The van der Waals surface area contributed by atoms with Crippen LogP contribution in [-0.2, 0) is 21.4 Å². The van der Waals surface area contributed by atoms with Gasteiger partial charge >= 0.3 is 0 Å². The Balaban J connectivity index is 1.33. The van der Waals surface area contributed by atoms with Gasteiger partial charge in [0.25, 0.3) is 0 Å². The van der Waals surface area contributed by atoms with Gasteiger partial charge in [-0.05, 0) is 51.6 Å². The van der Waals surface area contributed by atoms with E-state index in [9.17, 15) is 4.79 Å². The van der Waals surface area contributed by atoms with E-state index in [4.69, 9.17) is 9.72 Å². The summed E-state index contributed by atoms with van der Waals surface area (Å²) in [5, 5.41) is 0. The quantitative estimate of drug-likeness (QED) is 0.764. The first-order valence-corrected chi connectivity index (χ1v) is 11.6. The van der Waals surface area contributed by atoms with Gasteiger partial charge in [0.2, 0.25) is 5.91 Å². The molecule has 2 aromatic rings. The zero-order chi connectivity index (χ0) is 21.4. The molecule has 3 atom stereocenters. The number of nitrogens with zero attached hydrogens (tertiary/aromatic N) is 4. The van der Waals surface area contributed by atoms with Crippen molar-refractivity contribution in [3.63, 3.8) is 0 Å². The highest BCUT2D eigenvalue weighted by Crippen LogP contribution is 2.44. The molecular weight excluding hydrogens is 388 g/mol. The van der Waals surface area contributed by atoms with Crippen molar-refractivity contribution in [2.45, 2.75) is 57.2 Å². The van der Waals surface area contributed by atoms with Crippen LogP contribution >= 0.6 is 0 Å². The summed E-state index contributed by atoms with van der Waals surface area (Å²) < 4.78 is 5.80. The van der Waals surface area contributed by atoms with Crippen LogP contribution in [0.2, 0.25) is 0 Å². The Morgan fingerprint density at radius 2 is 1.94 bits per heavy atom. The molecule has 1 amide bonds. The Labute approximate surface area is 184 Å². The lowest BCUT2D eigenvalue weighted by atomic mass is 9.77. The number of ether oxygens (including phenoxy) is 1. The zero-order valence-corrected chi connectivity index (χ0v) is 18.6. The van der Waals surface area contributed by atoms with E-state index in [1.807, 2.05) is 43.1 Å². The van der Waals surface area contributed by atoms with E-state index >= 15 is 0 Å². The standard InChI is InChI=1S/C25H32N4O2/c1-18-14-29(15-19(2)31-18)22(30)16-28-12-6-10-25(17-28)11-9-21-13-26-24(27-23(21)25)20-7-4-3-5-8-20/h3-5,7-8,13,18-19H,6,9-12,14-17H2,1-2H3/t18-,19+,25?. The fraction of sp³-hybridized carbons (Fsp3) is 0.560. The smallest absolute Gasteiger partial charge is 0.236 e. The van der Waals surface area contributed by atoms with Crippen LogP contribution in [0, 0.1) is 0 Å². The van der Waals surface area contributed by atoms with Gasteiger partial charge in [-0.15, -0.1) is 0 Å². The largest absolute Gasteiger partial charge is 0.372 e. The molecule has 2 aliphatic heterocycles. The second-order valence-corrected chi connectivity index (χ2v) is 9.58. The highest BCUT2D eigenvalue weighted by Gasteiger charge is 2.44. The third-order valence-corrected chi connectivity index (χ3v) is 7.06. The van der Waals surface area contributed by atoms with Crippen LogP contribution in [0.25, 0.3) is 11.4 Å². The summed E-state index contributed by atoms with van der Waals surface area (Å²) in [6, 6.07) is 10.2. The van der Waals surface area contributed by atoms with Crippen LogP contribution in [0.4, 0.5) is 0 Å². The summed E-state index contributed by atoms with van der Waals surface area (Å²) in [7, 11) is 0. The van der Waals surface area contributed by atoms with Gasteiger partial charge in [0, 0.05) is 36.8 Å². The Bertz CT molecular complexity index is 936. The van der Waals surface area contributed by atoms with Crippen molar-refractivity contribution in [3.05, 3.63) is 47.8 Å². The minimum atomic E-state index is 0.0475. The van der Waals surface area contributed by atoms with E-state index < -0.39 is 0 Å². The number of amides is 1. The summed E-state index contributed by atoms with van der Waals surface area (Å²) in [4.78, 5) is 27.1. The fourth-order valence-corrected chi connectivity index (χ4v) is 5.70. The van der Waals surface area contributed by atoms with Gasteiger partial charge in [-0.3, -0.25) is 9.69 Å². The number of carbonyl (C=O) groups is 1. The molecule has 1 aromatic heterocycles. The first-order valence-electron chi connectivity index (χ1n) is 11.6. The Morgan fingerprint density at radius 1 is 1.16 bits per heavy atom. The first kappa shape index (κ1) is 20.6.